The third kappa shape index (κ3) is 10.2. The van der Waals surface area contributed by atoms with Crippen molar-refractivity contribution in [1.29, 1.82) is 0 Å². The lowest BCUT2D eigenvalue weighted by atomic mass is 9.95. The number of benzene rings is 7. The van der Waals surface area contributed by atoms with Crippen molar-refractivity contribution >= 4 is 0 Å². The molecule has 7 aromatic carbocycles. The lowest BCUT2D eigenvalue weighted by Crippen LogP contribution is -2.08. The van der Waals surface area contributed by atoms with Gasteiger partial charge in [-0.1, -0.05) is 164 Å². The largest absolute Gasteiger partial charge is 0.296 e. The second-order valence-corrected chi connectivity index (χ2v) is 19.8. The normalized spacial score (nSPS) is 11.4. The van der Waals surface area contributed by atoms with Crippen molar-refractivity contribution in [2.45, 2.75) is 99.3 Å². The minimum Gasteiger partial charge on any atom is -0.296 e. The molecule has 6 nitrogen and oxygen atoms in total. The molecule has 0 fully saturated rings. The quantitative estimate of drug-likeness (QED) is 0.0861. The van der Waals surface area contributed by atoms with Crippen LogP contribution in [0, 0.1) is 41.5 Å². The van der Waals surface area contributed by atoms with Gasteiger partial charge in [0.05, 0.1) is 17.1 Å². The van der Waals surface area contributed by atoms with Crippen molar-refractivity contribution in [3.63, 3.8) is 0 Å². The van der Waals surface area contributed by atoms with Gasteiger partial charge in [-0.2, -0.15) is 0 Å². The van der Waals surface area contributed by atoms with Crippen LogP contribution in [0.1, 0.15) is 86.4 Å². The Hall–Kier alpha value is -7.83. The molecule has 72 heavy (non-hydrogen) atoms. The van der Waals surface area contributed by atoms with Gasteiger partial charge < -0.3 is 0 Å². The van der Waals surface area contributed by atoms with E-state index in [9.17, 15) is 0 Å². The summed E-state index contributed by atoms with van der Waals surface area (Å²) in [5.41, 5.74) is 22.6. The van der Waals surface area contributed by atoms with E-state index < -0.39 is 0 Å². The van der Waals surface area contributed by atoms with Gasteiger partial charge in [0.15, 0.2) is 0 Å². The molecule has 3 aromatic heterocycles. The summed E-state index contributed by atoms with van der Waals surface area (Å²) in [5, 5.41) is 0. The van der Waals surface area contributed by atoms with Crippen molar-refractivity contribution in [3.05, 3.63) is 250 Å². The van der Waals surface area contributed by atoms with E-state index in [1.165, 1.54) is 84.2 Å². The van der Waals surface area contributed by atoms with Crippen LogP contribution < -0.4 is 0 Å². The second-order valence-electron chi connectivity index (χ2n) is 19.8. The maximum Gasteiger partial charge on any atom is 0.144 e. The smallest absolute Gasteiger partial charge is 0.144 e. The summed E-state index contributed by atoms with van der Waals surface area (Å²) >= 11 is 0. The van der Waals surface area contributed by atoms with Crippen LogP contribution in [0.25, 0.3) is 51.2 Å². The van der Waals surface area contributed by atoms with Gasteiger partial charge in [-0.05, 0) is 149 Å². The van der Waals surface area contributed by atoms with Crippen LogP contribution in [0.2, 0.25) is 0 Å². The van der Waals surface area contributed by atoms with Gasteiger partial charge >= 0.3 is 0 Å². The number of rotatable bonds is 18. The van der Waals surface area contributed by atoms with Gasteiger partial charge in [0.2, 0.25) is 0 Å². The monoisotopic (exact) mass is 943 g/mol. The van der Waals surface area contributed by atoms with E-state index in [1.807, 2.05) is 0 Å². The summed E-state index contributed by atoms with van der Waals surface area (Å²) in [6, 6.07) is 59.1. The first-order valence-corrected chi connectivity index (χ1v) is 25.9. The molecule has 0 spiro atoms. The Balaban J connectivity index is 0.937. The Bertz CT molecular complexity index is 3010. The van der Waals surface area contributed by atoms with Crippen molar-refractivity contribution in [2.24, 2.45) is 0 Å². The molecule has 0 atom stereocenters. The third-order valence-electron chi connectivity index (χ3n) is 14.4. The molecular formula is C66H66N6. The lowest BCUT2D eigenvalue weighted by molar-refractivity contribution is 0.755. The first-order chi connectivity index (χ1) is 35.2. The molecule has 0 aliphatic rings. The van der Waals surface area contributed by atoms with Crippen LogP contribution in [0.5, 0.6) is 0 Å². The first kappa shape index (κ1) is 47.8. The minimum absolute atomic E-state index is 0.922. The Labute approximate surface area is 426 Å². The topological polar surface area (TPSA) is 53.5 Å². The Kier molecular flexibility index (Phi) is 14.4. The van der Waals surface area contributed by atoms with E-state index in [-0.39, 0.29) is 0 Å². The van der Waals surface area contributed by atoms with Gasteiger partial charge in [-0.25, -0.2) is 15.0 Å². The Morgan fingerprint density at radius 3 is 0.792 bits per heavy atom. The third-order valence-corrected chi connectivity index (χ3v) is 14.4. The van der Waals surface area contributed by atoms with Crippen molar-refractivity contribution in [1.82, 2.24) is 28.7 Å². The maximum atomic E-state index is 5.07. The second kappa shape index (κ2) is 21.7. The van der Waals surface area contributed by atoms with E-state index >= 15 is 0 Å². The minimum atomic E-state index is 0.922. The van der Waals surface area contributed by atoms with Crippen molar-refractivity contribution in [2.75, 3.05) is 0 Å². The van der Waals surface area contributed by atoms with Gasteiger partial charge in [0.1, 0.15) is 17.5 Å². The molecule has 0 aliphatic heterocycles. The number of imidazole rings is 3. The Morgan fingerprint density at radius 2 is 0.542 bits per heavy atom. The number of aryl methyl sites for hydroxylation is 12. The van der Waals surface area contributed by atoms with Gasteiger partial charge in [-0.15, -0.1) is 0 Å². The molecule has 3 heterocycles. The molecule has 0 bridgehead atoms. The highest BCUT2D eigenvalue weighted by Crippen LogP contribution is 2.33. The lowest BCUT2D eigenvalue weighted by Gasteiger charge is -2.18. The maximum absolute atomic E-state index is 5.07. The van der Waals surface area contributed by atoms with Crippen LogP contribution in [-0.4, -0.2) is 28.7 Å². The zero-order valence-electron chi connectivity index (χ0n) is 42.9. The zero-order valence-corrected chi connectivity index (χ0v) is 42.9. The van der Waals surface area contributed by atoms with E-state index in [4.69, 9.17) is 15.0 Å². The number of nitrogens with zero attached hydrogens (tertiary/aromatic N) is 6. The predicted molar refractivity (Wildman–Crippen MR) is 298 cm³/mol. The van der Waals surface area contributed by atoms with Crippen molar-refractivity contribution < 1.29 is 0 Å². The molecule has 10 rings (SSSR count). The van der Waals surface area contributed by atoms with E-state index in [2.05, 4.69) is 238 Å². The zero-order chi connectivity index (χ0) is 49.6. The summed E-state index contributed by atoms with van der Waals surface area (Å²) in [7, 11) is 0. The molecule has 360 valence electrons. The fraction of sp³-hybridized carbons (Fsp3) is 0.227. The van der Waals surface area contributed by atoms with Gasteiger partial charge in [-0.3, -0.25) is 13.7 Å². The number of hydrogen-bond acceptors (Lipinski definition) is 3. The van der Waals surface area contributed by atoms with E-state index in [0.717, 1.165) is 92.0 Å². The van der Waals surface area contributed by atoms with Crippen LogP contribution in [0.3, 0.4) is 0 Å². The molecule has 0 saturated carbocycles. The van der Waals surface area contributed by atoms with Gasteiger partial charge in [0, 0.05) is 52.4 Å². The Morgan fingerprint density at radius 1 is 0.292 bits per heavy atom. The summed E-state index contributed by atoms with van der Waals surface area (Å²) in [5.74, 6) is 2.99. The van der Waals surface area contributed by atoms with E-state index in [0.29, 0.717) is 0 Å². The van der Waals surface area contributed by atoms with Crippen LogP contribution in [0.15, 0.2) is 182 Å². The van der Waals surface area contributed by atoms with Crippen molar-refractivity contribution in [3.8, 4) is 51.2 Å². The van der Waals surface area contributed by atoms with Crippen LogP contribution >= 0.6 is 0 Å². The summed E-state index contributed by atoms with van der Waals surface area (Å²) in [4.78, 5) is 15.2. The highest BCUT2D eigenvalue weighted by atomic mass is 15.1. The molecule has 0 aliphatic carbocycles. The molecule has 0 radical (unpaired) electrons. The van der Waals surface area contributed by atoms with Crippen LogP contribution in [-0.2, 0) is 38.5 Å². The predicted octanol–water partition coefficient (Wildman–Crippen LogP) is 15.6. The number of hydrogen-bond donors (Lipinski definition) is 0. The SMILES string of the molecule is Cc1cccc(C)c1-n1c(CCCc2cc(CCCc3cnc(-c4ccccc4)n3-c3c(C)cccc3C)cc(CCCc3cnc(-c4ccccc4)n3-c3c(C)cccc3C)c2)cnc1-c1ccccc1. The molecule has 10 aromatic rings. The molecule has 6 heteroatoms. The molecular weight excluding hydrogens is 877 g/mol. The average Bonchev–Trinajstić information content (AvgIpc) is 4.12. The molecule has 0 unspecified atom stereocenters. The molecule has 0 amide bonds. The summed E-state index contributed by atoms with van der Waals surface area (Å²) < 4.78 is 7.25. The van der Waals surface area contributed by atoms with Gasteiger partial charge in [0.25, 0.3) is 0 Å². The molecule has 0 saturated heterocycles. The van der Waals surface area contributed by atoms with Crippen LogP contribution in [0.4, 0.5) is 0 Å². The number of para-hydroxylation sites is 3. The average molecular weight is 943 g/mol. The fourth-order valence-electron chi connectivity index (χ4n) is 11.0. The summed E-state index contributed by atoms with van der Waals surface area (Å²) in [6.45, 7) is 13.3. The van der Waals surface area contributed by atoms with E-state index in [1.54, 1.807) is 0 Å². The standard InChI is InChI=1S/C66H66N6/c1-46-22-16-23-47(2)61(46)70-58(43-67-64(70)55-31-10-7-11-32-55)37-19-28-52-40-53(29-20-38-59-44-68-65(56-33-12-8-13-34-56)71(59)62-48(3)24-17-25-49(62)4)42-54(41-52)30-21-39-60-45-69-66(57-35-14-9-15-36-57)72(60)63-50(5)26-18-27-51(63)6/h7-18,22-27,31-36,40-45H,19-21,28-30,37-39H2,1-6H3. The fourth-order valence-corrected chi connectivity index (χ4v) is 11.0. The highest BCUT2D eigenvalue weighted by Gasteiger charge is 2.21. The first-order valence-electron chi connectivity index (χ1n) is 25.9. The summed E-state index contributed by atoms with van der Waals surface area (Å²) in [6.07, 6.45) is 15.1. The highest BCUT2D eigenvalue weighted by molar-refractivity contribution is 5.65. The number of aromatic nitrogens is 6. The molecule has 0 N–H and O–H groups in total.